The van der Waals surface area contributed by atoms with Gasteiger partial charge in [-0.05, 0) is 34.1 Å². The second-order valence-electron chi connectivity index (χ2n) is 2.94. The largest absolute Gasteiger partial charge is 0.472 e. The molecular formula is C10H10BrNO2. The number of furan rings is 2. The highest BCUT2D eigenvalue weighted by Gasteiger charge is 1.99. The smallest absolute Gasteiger partial charge is 0.169 e. The van der Waals surface area contributed by atoms with Crippen LogP contribution in [0.25, 0.3) is 0 Å². The average Bonchev–Trinajstić information content (AvgIpc) is 2.77. The first-order valence-electron chi connectivity index (χ1n) is 4.30. The van der Waals surface area contributed by atoms with Crippen molar-refractivity contribution in [2.45, 2.75) is 13.1 Å². The first-order valence-corrected chi connectivity index (χ1v) is 5.10. The molecule has 14 heavy (non-hydrogen) atoms. The summed E-state index contributed by atoms with van der Waals surface area (Å²) in [6, 6.07) is 5.76. The Morgan fingerprint density at radius 2 is 2.14 bits per heavy atom. The van der Waals surface area contributed by atoms with E-state index in [1.807, 2.05) is 18.2 Å². The molecular weight excluding hydrogens is 246 g/mol. The van der Waals surface area contributed by atoms with Crippen LogP contribution in [0.1, 0.15) is 11.3 Å². The van der Waals surface area contributed by atoms with E-state index >= 15 is 0 Å². The van der Waals surface area contributed by atoms with E-state index in [0.29, 0.717) is 0 Å². The molecule has 0 saturated heterocycles. The number of hydrogen-bond acceptors (Lipinski definition) is 3. The fourth-order valence-electron chi connectivity index (χ4n) is 1.17. The molecule has 0 fully saturated rings. The Morgan fingerprint density at radius 1 is 1.21 bits per heavy atom. The topological polar surface area (TPSA) is 38.3 Å². The van der Waals surface area contributed by atoms with E-state index in [-0.39, 0.29) is 0 Å². The molecule has 2 rings (SSSR count). The number of rotatable bonds is 4. The summed E-state index contributed by atoms with van der Waals surface area (Å²) in [5, 5.41) is 3.24. The van der Waals surface area contributed by atoms with Gasteiger partial charge >= 0.3 is 0 Å². The van der Waals surface area contributed by atoms with Crippen molar-refractivity contribution in [2.24, 2.45) is 0 Å². The van der Waals surface area contributed by atoms with E-state index < -0.39 is 0 Å². The number of hydrogen-bond donors (Lipinski definition) is 1. The van der Waals surface area contributed by atoms with Crippen LogP contribution >= 0.6 is 15.9 Å². The second kappa shape index (κ2) is 4.48. The summed E-state index contributed by atoms with van der Waals surface area (Å²) in [5.74, 6) is 0.917. The molecule has 0 aliphatic carbocycles. The van der Waals surface area contributed by atoms with E-state index in [1.165, 1.54) is 0 Å². The highest BCUT2D eigenvalue weighted by molar-refractivity contribution is 9.10. The van der Waals surface area contributed by atoms with Gasteiger partial charge in [0, 0.05) is 12.1 Å². The molecule has 2 aromatic rings. The fraction of sp³-hybridized carbons (Fsp3) is 0.200. The Balaban J connectivity index is 1.78. The van der Waals surface area contributed by atoms with Crippen LogP contribution in [0, 0.1) is 0 Å². The van der Waals surface area contributed by atoms with Crippen molar-refractivity contribution in [3.8, 4) is 0 Å². The summed E-state index contributed by atoms with van der Waals surface area (Å²) in [7, 11) is 0. The van der Waals surface area contributed by atoms with Gasteiger partial charge in [0.1, 0.15) is 5.76 Å². The first-order chi connectivity index (χ1) is 6.84. The molecule has 2 heterocycles. The van der Waals surface area contributed by atoms with Crippen LogP contribution in [0.4, 0.5) is 0 Å². The summed E-state index contributed by atoms with van der Waals surface area (Å²) in [6.45, 7) is 1.51. The van der Waals surface area contributed by atoms with Gasteiger partial charge in [-0.25, -0.2) is 0 Å². The molecule has 0 unspecified atom stereocenters. The summed E-state index contributed by atoms with van der Waals surface area (Å²) >= 11 is 3.25. The van der Waals surface area contributed by atoms with Crippen LogP contribution in [0.3, 0.4) is 0 Å². The summed E-state index contributed by atoms with van der Waals surface area (Å²) < 4.78 is 11.0. The van der Waals surface area contributed by atoms with Gasteiger partial charge in [-0.15, -0.1) is 0 Å². The van der Waals surface area contributed by atoms with Crippen LogP contribution in [0.5, 0.6) is 0 Å². The minimum absolute atomic E-state index is 0.719. The van der Waals surface area contributed by atoms with Gasteiger partial charge < -0.3 is 14.2 Å². The average molecular weight is 256 g/mol. The van der Waals surface area contributed by atoms with E-state index in [1.54, 1.807) is 12.5 Å². The molecule has 0 aromatic carbocycles. The highest BCUT2D eigenvalue weighted by Crippen LogP contribution is 2.13. The third kappa shape index (κ3) is 2.49. The lowest BCUT2D eigenvalue weighted by Gasteiger charge is -1.98. The molecule has 0 bridgehead atoms. The zero-order chi connectivity index (χ0) is 9.80. The van der Waals surface area contributed by atoms with Crippen LogP contribution in [-0.4, -0.2) is 0 Å². The maximum absolute atomic E-state index is 5.33. The molecule has 3 nitrogen and oxygen atoms in total. The van der Waals surface area contributed by atoms with Crippen LogP contribution < -0.4 is 5.32 Å². The zero-order valence-corrected chi connectivity index (χ0v) is 9.08. The van der Waals surface area contributed by atoms with Crippen molar-refractivity contribution in [1.82, 2.24) is 5.32 Å². The second-order valence-corrected chi connectivity index (χ2v) is 3.72. The molecule has 0 spiro atoms. The van der Waals surface area contributed by atoms with Crippen LogP contribution in [-0.2, 0) is 13.1 Å². The van der Waals surface area contributed by atoms with Gasteiger partial charge in [0.2, 0.25) is 0 Å². The third-order valence-corrected chi connectivity index (χ3v) is 2.26. The minimum atomic E-state index is 0.719. The highest BCUT2D eigenvalue weighted by atomic mass is 79.9. The molecule has 1 N–H and O–H groups in total. The maximum atomic E-state index is 5.33. The third-order valence-electron chi connectivity index (χ3n) is 1.84. The maximum Gasteiger partial charge on any atom is 0.169 e. The van der Waals surface area contributed by atoms with Crippen molar-refractivity contribution in [3.05, 3.63) is 46.7 Å². The molecule has 0 amide bonds. The van der Waals surface area contributed by atoms with Gasteiger partial charge in [0.25, 0.3) is 0 Å². The van der Waals surface area contributed by atoms with E-state index in [9.17, 15) is 0 Å². The van der Waals surface area contributed by atoms with Gasteiger partial charge in [-0.1, -0.05) is 0 Å². The van der Waals surface area contributed by atoms with Gasteiger partial charge in [0.05, 0.1) is 19.1 Å². The Morgan fingerprint density at radius 3 is 2.79 bits per heavy atom. The number of nitrogens with one attached hydrogen (secondary N) is 1. The van der Waals surface area contributed by atoms with E-state index in [2.05, 4.69) is 21.2 Å². The Kier molecular flexibility index (Phi) is 3.06. The summed E-state index contributed by atoms with van der Waals surface area (Å²) in [4.78, 5) is 0. The Hall–Kier alpha value is -1.00. The zero-order valence-electron chi connectivity index (χ0n) is 7.50. The molecule has 0 aliphatic rings. The molecule has 0 radical (unpaired) electrons. The standard InChI is InChI=1S/C10H10BrNO2/c11-10-2-1-9(14-10)6-12-5-8-3-4-13-7-8/h1-4,7,12H,5-6H2. The van der Waals surface area contributed by atoms with Crippen molar-refractivity contribution >= 4 is 15.9 Å². The quantitative estimate of drug-likeness (QED) is 0.913. The minimum Gasteiger partial charge on any atom is -0.472 e. The molecule has 0 aliphatic heterocycles. The number of halogens is 1. The Bertz CT molecular complexity index is 380. The van der Waals surface area contributed by atoms with Crippen molar-refractivity contribution in [1.29, 1.82) is 0 Å². The van der Waals surface area contributed by atoms with Gasteiger partial charge in [0.15, 0.2) is 4.67 Å². The SMILES string of the molecule is Brc1ccc(CNCc2ccoc2)o1. The molecule has 0 atom stereocenters. The normalized spacial score (nSPS) is 10.6. The lowest BCUT2D eigenvalue weighted by Crippen LogP contribution is -2.11. The van der Waals surface area contributed by atoms with Gasteiger partial charge in [-0.2, -0.15) is 0 Å². The first kappa shape index (κ1) is 9.55. The van der Waals surface area contributed by atoms with E-state index in [0.717, 1.165) is 29.1 Å². The monoisotopic (exact) mass is 255 g/mol. The molecule has 4 heteroatoms. The molecule has 0 saturated carbocycles. The predicted molar refractivity (Wildman–Crippen MR) is 55.7 cm³/mol. The van der Waals surface area contributed by atoms with E-state index in [4.69, 9.17) is 8.83 Å². The molecule has 2 aromatic heterocycles. The predicted octanol–water partition coefficient (Wildman–Crippen LogP) is 2.92. The molecule has 74 valence electrons. The summed E-state index contributed by atoms with van der Waals surface area (Å²) in [5.41, 5.74) is 1.13. The lowest BCUT2D eigenvalue weighted by molar-refractivity contribution is 0.464. The van der Waals surface area contributed by atoms with Crippen molar-refractivity contribution in [3.63, 3.8) is 0 Å². The fourth-order valence-corrected chi connectivity index (χ4v) is 1.51. The summed E-state index contributed by atoms with van der Waals surface area (Å²) in [6.07, 6.45) is 3.39. The van der Waals surface area contributed by atoms with Crippen molar-refractivity contribution < 1.29 is 8.83 Å². The van der Waals surface area contributed by atoms with Crippen LogP contribution in [0.2, 0.25) is 0 Å². The lowest BCUT2D eigenvalue weighted by atomic mass is 10.3. The van der Waals surface area contributed by atoms with Gasteiger partial charge in [-0.3, -0.25) is 0 Å². The van der Waals surface area contributed by atoms with Crippen molar-refractivity contribution in [2.75, 3.05) is 0 Å². The Labute approximate surface area is 90.2 Å². The van der Waals surface area contributed by atoms with Crippen LogP contribution in [0.15, 0.2) is 44.2 Å².